The molecule has 0 aliphatic heterocycles. The Morgan fingerprint density at radius 3 is 2.42 bits per heavy atom. The van der Waals surface area contributed by atoms with E-state index >= 15 is 0 Å². The molecule has 2 rings (SSSR count). The molecule has 1 heterocycles. The molecule has 0 bridgehead atoms. The van der Waals surface area contributed by atoms with Crippen LogP contribution in [0.5, 0.6) is 5.75 Å². The van der Waals surface area contributed by atoms with Crippen LogP contribution in [-0.4, -0.2) is 17.0 Å². The number of hydrogen-bond donors (Lipinski definition) is 1. The van der Waals surface area contributed by atoms with Gasteiger partial charge in [0, 0.05) is 13.1 Å². The maximum atomic E-state index is 6.00. The van der Waals surface area contributed by atoms with Crippen molar-refractivity contribution >= 4 is 40.6 Å². The second kappa shape index (κ2) is 6.28. The van der Waals surface area contributed by atoms with Crippen molar-refractivity contribution < 1.29 is 4.74 Å². The quantitative estimate of drug-likeness (QED) is 0.864. The van der Waals surface area contributed by atoms with Crippen LogP contribution in [-0.2, 0) is 6.61 Å². The second-order valence-electron chi connectivity index (χ2n) is 3.63. The van der Waals surface area contributed by atoms with Gasteiger partial charge in [0.1, 0.15) is 18.2 Å². The van der Waals surface area contributed by atoms with Gasteiger partial charge in [-0.25, -0.2) is 4.98 Å². The Morgan fingerprint density at radius 2 is 1.79 bits per heavy atom. The molecular weight excluding hydrogens is 309 g/mol. The van der Waals surface area contributed by atoms with Gasteiger partial charge in [0.2, 0.25) is 0 Å². The van der Waals surface area contributed by atoms with Crippen LogP contribution in [0.3, 0.4) is 0 Å². The first-order valence-corrected chi connectivity index (χ1v) is 6.49. The van der Waals surface area contributed by atoms with E-state index in [-0.39, 0.29) is 6.61 Å². The Bertz CT molecular complexity index is 575. The number of nitrogens with one attached hydrogen (secondary N) is 1. The predicted molar refractivity (Wildman–Crippen MR) is 77.4 cm³/mol. The average molecular weight is 319 g/mol. The van der Waals surface area contributed by atoms with Crippen molar-refractivity contribution in [1.82, 2.24) is 9.97 Å². The Balaban J connectivity index is 2.07. The normalized spacial score (nSPS) is 10.3. The van der Waals surface area contributed by atoms with Gasteiger partial charge in [-0.3, -0.25) is 4.98 Å². The molecule has 4 nitrogen and oxygen atoms in total. The summed E-state index contributed by atoms with van der Waals surface area (Å²) >= 11 is 17.7. The van der Waals surface area contributed by atoms with Crippen LogP contribution < -0.4 is 10.1 Å². The molecule has 0 amide bonds. The van der Waals surface area contributed by atoms with Crippen molar-refractivity contribution in [1.29, 1.82) is 0 Å². The molecule has 0 fully saturated rings. The maximum Gasteiger partial charge on any atom is 0.144 e. The Kier molecular flexibility index (Phi) is 4.69. The number of anilines is 1. The molecule has 0 saturated carbocycles. The minimum atomic E-state index is 0.245. The molecule has 7 heteroatoms. The van der Waals surface area contributed by atoms with Crippen LogP contribution in [0.2, 0.25) is 15.1 Å². The van der Waals surface area contributed by atoms with Gasteiger partial charge in [-0.1, -0.05) is 34.8 Å². The second-order valence-corrected chi connectivity index (χ2v) is 4.85. The molecule has 1 N–H and O–H groups in total. The molecule has 100 valence electrons. The minimum Gasteiger partial charge on any atom is -0.486 e. The summed E-state index contributed by atoms with van der Waals surface area (Å²) in [6.07, 6.45) is 3.24. The van der Waals surface area contributed by atoms with E-state index in [9.17, 15) is 0 Å². The van der Waals surface area contributed by atoms with Crippen LogP contribution in [0, 0.1) is 0 Å². The van der Waals surface area contributed by atoms with Gasteiger partial charge in [-0.2, -0.15) is 0 Å². The lowest BCUT2D eigenvalue weighted by Gasteiger charge is -2.09. The summed E-state index contributed by atoms with van der Waals surface area (Å²) in [7, 11) is 1.77. The van der Waals surface area contributed by atoms with Crippen molar-refractivity contribution in [3.05, 3.63) is 45.3 Å². The molecule has 0 aliphatic carbocycles. The Morgan fingerprint density at radius 1 is 1.05 bits per heavy atom. The topological polar surface area (TPSA) is 47.0 Å². The zero-order valence-electron chi connectivity index (χ0n) is 9.95. The fourth-order valence-corrected chi connectivity index (χ4v) is 1.92. The zero-order valence-corrected chi connectivity index (χ0v) is 12.2. The number of rotatable bonds is 4. The highest BCUT2D eigenvalue weighted by molar-refractivity contribution is 6.43. The van der Waals surface area contributed by atoms with Crippen molar-refractivity contribution in [3.63, 3.8) is 0 Å². The molecule has 2 aromatic rings. The summed E-state index contributed by atoms with van der Waals surface area (Å²) in [5.74, 6) is 1.15. The van der Waals surface area contributed by atoms with Gasteiger partial charge in [-0.15, -0.1) is 0 Å². The largest absolute Gasteiger partial charge is 0.486 e. The van der Waals surface area contributed by atoms with Crippen LogP contribution in [0.1, 0.15) is 5.69 Å². The van der Waals surface area contributed by atoms with E-state index in [1.54, 1.807) is 25.5 Å². The van der Waals surface area contributed by atoms with Gasteiger partial charge >= 0.3 is 0 Å². The van der Waals surface area contributed by atoms with Gasteiger partial charge < -0.3 is 10.1 Å². The molecule has 0 spiro atoms. The van der Waals surface area contributed by atoms with Crippen LogP contribution in [0.25, 0.3) is 0 Å². The maximum absolute atomic E-state index is 6.00. The van der Waals surface area contributed by atoms with Crippen molar-refractivity contribution in [3.8, 4) is 5.75 Å². The van der Waals surface area contributed by atoms with Crippen molar-refractivity contribution in [2.45, 2.75) is 6.61 Å². The van der Waals surface area contributed by atoms with Gasteiger partial charge in [0.25, 0.3) is 0 Å². The molecule has 0 unspecified atom stereocenters. The van der Waals surface area contributed by atoms with E-state index in [2.05, 4.69) is 15.3 Å². The van der Waals surface area contributed by atoms with E-state index in [4.69, 9.17) is 39.5 Å². The van der Waals surface area contributed by atoms with Gasteiger partial charge in [0.05, 0.1) is 33.2 Å². The number of nitrogens with zero attached hydrogens (tertiary/aromatic N) is 2. The van der Waals surface area contributed by atoms with E-state index in [0.29, 0.717) is 32.3 Å². The molecule has 19 heavy (non-hydrogen) atoms. The van der Waals surface area contributed by atoms with Crippen molar-refractivity contribution in [2.75, 3.05) is 12.4 Å². The summed E-state index contributed by atoms with van der Waals surface area (Å²) in [6, 6.07) is 3.11. The highest BCUT2D eigenvalue weighted by Gasteiger charge is 2.07. The Labute approximate surface area is 125 Å². The highest BCUT2D eigenvalue weighted by atomic mass is 35.5. The molecule has 0 aliphatic rings. The van der Waals surface area contributed by atoms with Gasteiger partial charge in [-0.05, 0) is 6.07 Å². The molecule has 1 aromatic heterocycles. The van der Waals surface area contributed by atoms with Crippen LogP contribution in [0.4, 0.5) is 5.82 Å². The first-order valence-electron chi connectivity index (χ1n) is 5.36. The van der Waals surface area contributed by atoms with Crippen molar-refractivity contribution in [2.24, 2.45) is 0 Å². The van der Waals surface area contributed by atoms with E-state index in [1.165, 1.54) is 6.07 Å². The monoisotopic (exact) mass is 317 g/mol. The lowest BCUT2D eigenvalue weighted by atomic mass is 10.3. The highest BCUT2D eigenvalue weighted by Crippen LogP contribution is 2.34. The third-order valence-corrected chi connectivity index (χ3v) is 3.33. The molecule has 0 atom stereocenters. The number of hydrogen-bond acceptors (Lipinski definition) is 4. The first-order chi connectivity index (χ1) is 9.10. The summed E-state index contributed by atoms with van der Waals surface area (Å²) in [5.41, 5.74) is 0.682. The van der Waals surface area contributed by atoms with E-state index < -0.39 is 0 Å². The third kappa shape index (κ3) is 3.62. The predicted octanol–water partition coefficient (Wildman–Crippen LogP) is 4.06. The SMILES string of the molecule is CNc1cnc(COc2cc(Cl)c(Cl)cc2Cl)cn1. The Hall–Kier alpha value is -1.23. The fraction of sp³-hybridized carbons (Fsp3) is 0.167. The lowest BCUT2D eigenvalue weighted by molar-refractivity contribution is 0.301. The standard InChI is InChI=1S/C12H10Cl3N3O/c1-16-12-5-17-7(4-18-12)6-19-11-3-9(14)8(13)2-10(11)15/h2-5H,6H2,1H3,(H,16,18). The average Bonchev–Trinajstić information content (AvgIpc) is 2.42. The summed E-state index contributed by atoms with van der Waals surface area (Å²) in [4.78, 5) is 8.31. The third-order valence-electron chi connectivity index (χ3n) is 2.31. The molecular formula is C12H10Cl3N3O. The van der Waals surface area contributed by atoms with Crippen LogP contribution >= 0.6 is 34.8 Å². The fourth-order valence-electron chi connectivity index (χ4n) is 1.33. The molecule has 0 saturated heterocycles. The summed E-state index contributed by atoms with van der Waals surface area (Å²) in [6.45, 7) is 0.245. The zero-order chi connectivity index (χ0) is 13.8. The minimum absolute atomic E-state index is 0.245. The summed E-state index contributed by atoms with van der Waals surface area (Å²) in [5, 5.41) is 4.05. The number of benzene rings is 1. The summed E-state index contributed by atoms with van der Waals surface area (Å²) < 4.78 is 5.53. The smallest absolute Gasteiger partial charge is 0.144 e. The number of aromatic nitrogens is 2. The first kappa shape index (κ1) is 14.2. The molecule has 1 aromatic carbocycles. The number of ether oxygens (including phenoxy) is 1. The molecule has 0 radical (unpaired) electrons. The number of halogens is 3. The van der Waals surface area contributed by atoms with E-state index in [1.807, 2.05) is 0 Å². The lowest BCUT2D eigenvalue weighted by Crippen LogP contribution is -2.01. The van der Waals surface area contributed by atoms with Gasteiger partial charge in [0.15, 0.2) is 0 Å². The van der Waals surface area contributed by atoms with E-state index in [0.717, 1.165) is 0 Å². The van der Waals surface area contributed by atoms with Crippen LogP contribution in [0.15, 0.2) is 24.5 Å².